The van der Waals surface area contributed by atoms with Crippen molar-refractivity contribution in [1.29, 1.82) is 0 Å². The Hall–Kier alpha value is -3.76. The molecule has 1 fully saturated rings. The number of carbonyl (C=O) groups excluding carboxylic acids is 2. The van der Waals surface area contributed by atoms with Gasteiger partial charge in [0.2, 0.25) is 0 Å². The Morgan fingerprint density at radius 1 is 1.00 bits per heavy atom. The molecule has 2 aromatic heterocycles. The number of piperazine rings is 1. The van der Waals surface area contributed by atoms with E-state index in [1.54, 1.807) is 24.4 Å². The second kappa shape index (κ2) is 10.0. The van der Waals surface area contributed by atoms with Gasteiger partial charge in [-0.1, -0.05) is 18.2 Å². The smallest absolute Gasteiger partial charge is 0.321 e. The molecule has 1 saturated heterocycles. The molecule has 0 unspecified atom stereocenters. The third-order valence-electron chi connectivity index (χ3n) is 5.23. The first-order valence-electron chi connectivity index (χ1n) is 10.4. The van der Waals surface area contributed by atoms with E-state index in [1.807, 2.05) is 24.3 Å². The number of nitrogens with one attached hydrogen (secondary N) is 4. The number of anilines is 3. The zero-order valence-electron chi connectivity index (χ0n) is 17.8. The summed E-state index contributed by atoms with van der Waals surface area (Å²) in [6.45, 7) is 5.15. The van der Waals surface area contributed by atoms with Gasteiger partial charge in [-0.2, -0.15) is 5.10 Å². The highest BCUT2D eigenvalue weighted by Gasteiger charge is 2.17. The van der Waals surface area contributed by atoms with E-state index in [0.717, 1.165) is 32.7 Å². The van der Waals surface area contributed by atoms with Gasteiger partial charge in [-0.3, -0.25) is 20.1 Å². The molecule has 1 aliphatic heterocycles. The molecule has 0 saturated carbocycles. The van der Waals surface area contributed by atoms with Crippen LogP contribution in [0.4, 0.5) is 22.0 Å². The number of aromatic amines is 1. The standard InChI is InChI=1S/C22H26N8O2/c1-29-10-12-30(13-11-29)15-16-5-7-17(8-6-16)25-21(31)20-18(14-24-28-20)26-22(32)27-19-4-2-3-9-23-19/h2-9,14H,10-13,15H2,1H3,(H,24,28)(H,25,31)(H2,23,26,27,32). The summed E-state index contributed by atoms with van der Waals surface area (Å²) >= 11 is 0. The van der Waals surface area contributed by atoms with Crippen molar-refractivity contribution in [3.63, 3.8) is 0 Å². The van der Waals surface area contributed by atoms with Gasteiger partial charge in [0.1, 0.15) is 11.5 Å². The summed E-state index contributed by atoms with van der Waals surface area (Å²) in [4.78, 5) is 33.7. The molecule has 3 amide bonds. The zero-order valence-corrected chi connectivity index (χ0v) is 17.8. The molecule has 4 rings (SSSR count). The second-order valence-corrected chi connectivity index (χ2v) is 7.68. The molecule has 4 N–H and O–H groups in total. The number of aromatic nitrogens is 3. The van der Waals surface area contributed by atoms with E-state index in [4.69, 9.17) is 0 Å². The van der Waals surface area contributed by atoms with Gasteiger partial charge in [-0.25, -0.2) is 9.78 Å². The molecule has 0 spiro atoms. The first-order chi connectivity index (χ1) is 15.6. The van der Waals surface area contributed by atoms with Crippen molar-refractivity contribution in [1.82, 2.24) is 25.0 Å². The summed E-state index contributed by atoms with van der Waals surface area (Å²) in [5.74, 6) is -0.00128. The molecule has 0 aliphatic carbocycles. The van der Waals surface area contributed by atoms with Crippen molar-refractivity contribution in [2.45, 2.75) is 6.54 Å². The van der Waals surface area contributed by atoms with Crippen LogP contribution in [0, 0.1) is 0 Å². The van der Waals surface area contributed by atoms with Crippen LogP contribution in [-0.2, 0) is 6.54 Å². The number of hydrogen-bond acceptors (Lipinski definition) is 6. The number of amides is 3. The average Bonchev–Trinajstić information content (AvgIpc) is 3.25. The Labute approximate surface area is 186 Å². The lowest BCUT2D eigenvalue weighted by atomic mass is 10.1. The Bertz CT molecular complexity index is 1040. The molecular weight excluding hydrogens is 408 g/mol. The number of pyridine rings is 1. The van der Waals surface area contributed by atoms with Crippen LogP contribution in [0.25, 0.3) is 0 Å². The van der Waals surface area contributed by atoms with E-state index in [1.165, 1.54) is 11.8 Å². The summed E-state index contributed by atoms with van der Waals surface area (Å²) in [7, 11) is 2.14. The maximum Gasteiger partial charge on any atom is 0.324 e. The topological polar surface area (TPSA) is 118 Å². The number of H-pyrrole nitrogens is 1. The Morgan fingerprint density at radius 3 is 2.50 bits per heavy atom. The van der Waals surface area contributed by atoms with E-state index >= 15 is 0 Å². The molecular formula is C22H26N8O2. The first kappa shape index (κ1) is 21.5. The zero-order chi connectivity index (χ0) is 22.3. The predicted molar refractivity (Wildman–Crippen MR) is 123 cm³/mol. The number of likely N-dealkylation sites (N-methyl/N-ethyl adjacent to an activating group) is 1. The van der Waals surface area contributed by atoms with Crippen molar-refractivity contribution in [3.8, 4) is 0 Å². The van der Waals surface area contributed by atoms with E-state index in [2.05, 4.69) is 48.0 Å². The van der Waals surface area contributed by atoms with Gasteiger partial charge < -0.3 is 15.5 Å². The van der Waals surface area contributed by atoms with Gasteiger partial charge in [0, 0.05) is 44.6 Å². The van der Waals surface area contributed by atoms with E-state index in [9.17, 15) is 9.59 Å². The first-order valence-corrected chi connectivity index (χ1v) is 10.4. The minimum atomic E-state index is -0.521. The highest BCUT2D eigenvalue weighted by molar-refractivity contribution is 6.09. The Balaban J connectivity index is 1.32. The minimum absolute atomic E-state index is 0.155. The van der Waals surface area contributed by atoms with Gasteiger partial charge in [-0.05, 0) is 36.9 Å². The largest absolute Gasteiger partial charge is 0.324 e. The molecule has 3 aromatic rings. The number of benzene rings is 1. The third-order valence-corrected chi connectivity index (χ3v) is 5.23. The molecule has 1 aliphatic rings. The number of rotatable bonds is 6. The maximum absolute atomic E-state index is 12.7. The van der Waals surface area contributed by atoms with Gasteiger partial charge in [0.05, 0.1) is 11.9 Å². The molecule has 166 valence electrons. The summed E-state index contributed by atoms with van der Waals surface area (Å²) < 4.78 is 0. The molecule has 0 radical (unpaired) electrons. The van der Waals surface area contributed by atoms with Crippen molar-refractivity contribution in [3.05, 3.63) is 66.1 Å². The Morgan fingerprint density at radius 2 is 1.78 bits per heavy atom. The fourth-order valence-corrected chi connectivity index (χ4v) is 3.41. The Kier molecular flexibility index (Phi) is 6.73. The quantitative estimate of drug-likeness (QED) is 0.473. The summed E-state index contributed by atoms with van der Waals surface area (Å²) in [6, 6.07) is 12.4. The van der Waals surface area contributed by atoms with Crippen molar-refractivity contribution in [2.24, 2.45) is 0 Å². The summed E-state index contributed by atoms with van der Waals surface area (Å²) in [6.07, 6.45) is 2.95. The fourth-order valence-electron chi connectivity index (χ4n) is 3.41. The van der Waals surface area contributed by atoms with E-state index in [-0.39, 0.29) is 11.4 Å². The molecule has 32 heavy (non-hydrogen) atoms. The molecule has 10 heteroatoms. The van der Waals surface area contributed by atoms with Crippen LogP contribution in [0.15, 0.2) is 54.9 Å². The van der Waals surface area contributed by atoms with Crippen LogP contribution in [0.2, 0.25) is 0 Å². The lowest BCUT2D eigenvalue weighted by Crippen LogP contribution is -2.43. The minimum Gasteiger partial charge on any atom is -0.321 e. The molecule has 1 aromatic carbocycles. The number of urea groups is 1. The number of hydrogen-bond donors (Lipinski definition) is 4. The number of nitrogens with zero attached hydrogens (tertiary/aromatic N) is 4. The number of carbonyl (C=O) groups is 2. The molecule has 0 atom stereocenters. The van der Waals surface area contributed by atoms with Gasteiger partial charge in [0.25, 0.3) is 5.91 Å². The van der Waals surface area contributed by atoms with Crippen LogP contribution < -0.4 is 16.0 Å². The average molecular weight is 435 g/mol. The van der Waals surface area contributed by atoms with Crippen molar-refractivity contribution >= 4 is 29.1 Å². The predicted octanol–water partition coefficient (Wildman–Crippen LogP) is 2.45. The van der Waals surface area contributed by atoms with Crippen molar-refractivity contribution < 1.29 is 9.59 Å². The molecule has 10 nitrogen and oxygen atoms in total. The van der Waals surface area contributed by atoms with Gasteiger partial charge in [0.15, 0.2) is 0 Å². The monoisotopic (exact) mass is 434 g/mol. The van der Waals surface area contributed by atoms with E-state index in [0.29, 0.717) is 11.5 Å². The summed E-state index contributed by atoms with van der Waals surface area (Å²) in [5, 5.41) is 14.5. The second-order valence-electron chi connectivity index (χ2n) is 7.68. The van der Waals surface area contributed by atoms with Crippen LogP contribution in [0.3, 0.4) is 0 Å². The van der Waals surface area contributed by atoms with Crippen LogP contribution in [0.1, 0.15) is 16.1 Å². The van der Waals surface area contributed by atoms with E-state index < -0.39 is 11.9 Å². The van der Waals surface area contributed by atoms with Crippen LogP contribution in [0.5, 0.6) is 0 Å². The lowest BCUT2D eigenvalue weighted by Gasteiger charge is -2.32. The van der Waals surface area contributed by atoms with Crippen LogP contribution >= 0.6 is 0 Å². The molecule has 0 bridgehead atoms. The van der Waals surface area contributed by atoms with Gasteiger partial charge in [-0.15, -0.1) is 0 Å². The third kappa shape index (κ3) is 5.68. The van der Waals surface area contributed by atoms with Crippen LogP contribution in [-0.4, -0.2) is 70.1 Å². The normalized spacial score (nSPS) is 14.7. The van der Waals surface area contributed by atoms with Crippen molar-refractivity contribution in [2.75, 3.05) is 49.2 Å². The van der Waals surface area contributed by atoms with Gasteiger partial charge >= 0.3 is 6.03 Å². The maximum atomic E-state index is 12.7. The summed E-state index contributed by atoms with van der Waals surface area (Å²) in [5.41, 5.74) is 2.28. The fraction of sp³-hybridized carbons (Fsp3) is 0.273. The lowest BCUT2D eigenvalue weighted by molar-refractivity contribution is 0.102. The molecule has 3 heterocycles. The SMILES string of the molecule is CN1CCN(Cc2ccc(NC(=O)c3[nH]ncc3NC(=O)Nc3ccccn3)cc2)CC1. The highest BCUT2D eigenvalue weighted by Crippen LogP contribution is 2.17. The highest BCUT2D eigenvalue weighted by atomic mass is 16.2.